The number of hydrogen-bond acceptors (Lipinski definition) is 4. The van der Waals surface area contributed by atoms with E-state index >= 15 is 0 Å². The lowest BCUT2D eigenvalue weighted by atomic mass is 10.1. The first kappa shape index (κ1) is 15.6. The van der Waals surface area contributed by atoms with Gasteiger partial charge in [0.2, 0.25) is 5.91 Å². The highest BCUT2D eigenvalue weighted by Crippen LogP contribution is 2.41. The van der Waals surface area contributed by atoms with Crippen LogP contribution in [0.2, 0.25) is 0 Å². The van der Waals surface area contributed by atoms with Crippen molar-refractivity contribution in [3.8, 4) is 0 Å². The first-order valence-corrected chi connectivity index (χ1v) is 9.94. The number of nitrogens with zero attached hydrogens (tertiary/aromatic N) is 2. The molecule has 2 aliphatic rings. The van der Waals surface area contributed by atoms with Crippen LogP contribution in [0, 0.1) is 6.92 Å². The van der Waals surface area contributed by atoms with E-state index in [2.05, 4.69) is 4.99 Å². The lowest BCUT2D eigenvalue weighted by Gasteiger charge is -2.24. The summed E-state index contributed by atoms with van der Waals surface area (Å²) in [4.78, 5) is 17.8. The zero-order valence-electron chi connectivity index (χ0n) is 12.5. The highest BCUT2D eigenvalue weighted by molar-refractivity contribution is 8.16. The van der Waals surface area contributed by atoms with Crippen LogP contribution in [0.3, 0.4) is 0 Å². The number of rotatable bonds is 2. The maximum atomic E-state index is 11.9. The Kier molecular flexibility index (Phi) is 4.03. The van der Waals surface area contributed by atoms with Crippen molar-refractivity contribution in [1.82, 2.24) is 0 Å². The molecule has 1 amide bonds. The van der Waals surface area contributed by atoms with Crippen LogP contribution >= 0.6 is 11.8 Å². The largest absolute Gasteiger partial charge is 0.316 e. The van der Waals surface area contributed by atoms with Crippen LogP contribution in [-0.2, 0) is 14.6 Å². The number of carbonyl (C=O) groups excluding carboxylic acids is 1. The Hall–Kier alpha value is -1.34. The molecule has 0 spiro atoms. The summed E-state index contributed by atoms with van der Waals surface area (Å²) in [5.41, 5.74) is 1.99. The summed E-state index contributed by atoms with van der Waals surface area (Å²) in [6.07, 6.45) is 0.347. The lowest BCUT2D eigenvalue weighted by molar-refractivity contribution is -0.117. The molecule has 2 aliphatic heterocycles. The highest BCUT2D eigenvalue weighted by Gasteiger charge is 2.49. The summed E-state index contributed by atoms with van der Waals surface area (Å²) in [7, 11) is -3.02. The molecule has 0 bridgehead atoms. The summed E-state index contributed by atoms with van der Waals surface area (Å²) in [5.74, 6) is 0.102. The predicted octanol–water partition coefficient (Wildman–Crippen LogP) is 2.01. The minimum Gasteiger partial charge on any atom is -0.316 e. The topological polar surface area (TPSA) is 66.8 Å². The fraction of sp³-hybridized carbons (Fsp3) is 0.467. The molecule has 118 valence electrons. The number of amidine groups is 1. The molecule has 2 heterocycles. The number of carbonyl (C=O) groups is 1. The zero-order chi connectivity index (χ0) is 15.9. The minimum atomic E-state index is -3.02. The molecule has 0 aliphatic carbocycles. The second-order valence-electron chi connectivity index (χ2n) is 5.65. The van der Waals surface area contributed by atoms with Gasteiger partial charge in [0.15, 0.2) is 15.0 Å². The van der Waals surface area contributed by atoms with Crippen molar-refractivity contribution in [3.05, 3.63) is 29.8 Å². The normalized spacial score (nSPS) is 28.1. The molecule has 1 aromatic rings. The quantitative estimate of drug-likeness (QED) is 0.825. The van der Waals surface area contributed by atoms with E-state index in [1.807, 2.05) is 36.1 Å². The number of amides is 1. The van der Waals surface area contributed by atoms with Crippen LogP contribution in [0.1, 0.15) is 18.9 Å². The van der Waals surface area contributed by atoms with Gasteiger partial charge in [-0.25, -0.2) is 8.42 Å². The molecular weight excluding hydrogens is 320 g/mol. The molecule has 0 N–H and O–H groups in total. The fourth-order valence-corrected chi connectivity index (χ4v) is 6.76. The smallest absolute Gasteiger partial charge is 0.247 e. The molecule has 3 rings (SSSR count). The average molecular weight is 338 g/mol. The Morgan fingerprint density at radius 1 is 1.41 bits per heavy atom. The third-order valence-electron chi connectivity index (χ3n) is 3.87. The first-order chi connectivity index (χ1) is 10.4. The van der Waals surface area contributed by atoms with E-state index in [1.165, 1.54) is 11.8 Å². The van der Waals surface area contributed by atoms with E-state index in [9.17, 15) is 13.2 Å². The van der Waals surface area contributed by atoms with Crippen molar-refractivity contribution >= 4 is 38.4 Å². The number of anilines is 1. The number of benzene rings is 1. The predicted molar refractivity (Wildman–Crippen MR) is 90.2 cm³/mol. The molecular formula is C15H18N2O3S2. The summed E-state index contributed by atoms with van der Waals surface area (Å²) < 4.78 is 23.9. The number of thioether (sulfide) groups is 1. The van der Waals surface area contributed by atoms with E-state index < -0.39 is 9.84 Å². The van der Waals surface area contributed by atoms with E-state index in [0.29, 0.717) is 11.6 Å². The molecule has 2 fully saturated rings. The van der Waals surface area contributed by atoms with E-state index in [-0.39, 0.29) is 28.7 Å². The molecule has 7 heteroatoms. The van der Waals surface area contributed by atoms with Gasteiger partial charge >= 0.3 is 0 Å². The maximum absolute atomic E-state index is 11.9. The van der Waals surface area contributed by atoms with Crippen LogP contribution in [0.25, 0.3) is 0 Å². The Bertz CT molecular complexity index is 743. The number of sulfone groups is 1. The Balaban J connectivity index is 2.03. The third-order valence-corrected chi connectivity index (χ3v) is 7.08. The zero-order valence-corrected chi connectivity index (χ0v) is 14.2. The number of aryl methyl sites for hydroxylation is 1. The molecule has 0 unspecified atom stereocenters. The van der Waals surface area contributed by atoms with Gasteiger partial charge in [-0.3, -0.25) is 4.79 Å². The fourth-order valence-electron chi connectivity index (χ4n) is 2.83. The number of hydrogen-bond donors (Lipinski definition) is 0. The summed E-state index contributed by atoms with van der Waals surface area (Å²) in [5, 5.41) is 0.580. The Labute approximate surface area is 134 Å². The maximum Gasteiger partial charge on any atom is 0.247 e. The second-order valence-corrected chi connectivity index (χ2v) is 9.01. The standard InChI is InChI=1S/C15H18N2O3S2/c1-3-14(18)16-15-17(11-6-4-5-10(2)7-11)12-8-22(19,20)9-13(12)21-15/h4-7,12-13H,3,8-9H2,1-2H3/t12-,13+/m0/s1. The van der Waals surface area contributed by atoms with Gasteiger partial charge in [-0.15, -0.1) is 0 Å². The molecule has 22 heavy (non-hydrogen) atoms. The van der Waals surface area contributed by atoms with Crippen molar-refractivity contribution in [2.45, 2.75) is 31.6 Å². The molecule has 2 atom stereocenters. The van der Waals surface area contributed by atoms with Gasteiger partial charge in [0.05, 0.1) is 17.5 Å². The van der Waals surface area contributed by atoms with Crippen LogP contribution in [0.15, 0.2) is 29.3 Å². The van der Waals surface area contributed by atoms with Crippen molar-refractivity contribution in [2.75, 3.05) is 16.4 Å². The van der Waals surface area contributed by atoms with Gasteiger partial charge < -0.3 is 4.90 Å². The number of aliphatic imine (C=N–C) groups is 1. The lowest BCUT2D eigenvalue weighted by Crippen LogP contribution is -2.37. The van der Waals surface area contributed by atoms with Gasteiger partial charge in [-0.2, -0.15) is 4.99 Å². The molecule has 1 aromatic carbocycles. The van der Waals surface area contributed by atoms with Crippen LogP contribution in [-0.4, -0.2) is 42.3 Å². The van der Waals surface area contributed by atoms with Crippen molar-refractivity contribution in [1.29, 1.82) is 0 Å². The SMILES string of the molecule is CCC(=O)N=C1S[C@@H]2CS(=O)(=O)C[C@@H]2N1c1cccc(C)c1. The molecule has 0 aromatic heterocycles. The van der Waals surface area contributed by atoms with Crippen molar-refractivity contribution in [3.63, 3.8) is 0 Å². The first-order valence-electron chi connectivity index (χ1n) is 7.24. The number of fused-ring (bicyclic) bond motifs is 1. The van der Waals surface area contributed by atoms with Crippen LogP contribution < -0.4 is 4.90 Å². The van der Waals surface area contributed by atoms with E-state index in [1.54, 1.807) is 6.92 Å². The van der Waals surface area contributed by atoms with Crippen molar-refractivity contribution in [2.24, 2.45) is 4.99 Å². The highest BCUT2D eigenvalue weighted by atomic mass is 32.2. The van der Waals surface area contributed by atoms with Crippen molar-refractivity contribution < 1.29 is 13.2 Å². The van der Waals surface area contributed by atoms with Crippen LogP contribution in [0.4, 0.5) is 5.69 Å². The molecule has 0 saturated carbocycles. The average Bonchev–Trinajstić information content (AvgIpc) is 2.89. The van der Waals surface area contributed by atoms with Gasteiger partial charge in [-0.05, 0) is 24.6 Å². The van der Waals surface area contributed by atoms with E-state index in [4.69, 9.17) is 0 Å². The van der Waals surface area contributed by atoms with Gasteiger partial charge in [-0.1, -0.05) is 30.8 Å². The van der Waals surface area contributed by atoms with Gasteiger partial charge in [0, 0.05) is 17.4 Å². The van der Waals surface area contributed by atoms with Gasteiger partial charge in [0.1, 0.15) is 0 Å². The summed E-state index contributed by atoms with van der Waals surface area (Å²) >= 11 is 1.41. The molecule has 0 radical (unpaired) electrons. The summed E-state index contributed by atoms with van der Waals surface area (Å²) in [6, 6.07) is 7.72. The van der Waals surface area contributed by atoms with Gasteiger partial charge in [0.25, 0.3) is 0 Å². The van der Waals surface area contributed by atoms with Crippen LogP contribution in [0.5, 0.6) is 0 Å². The molecule has 2 saturated heterocycles. The molecule has 5 nitrogen and oxygen atoms in total. The minimum absolute atomic E-state index is 0.0473. The Morgan fingerprint density at radius 2 is 2.18 bits per heavy atom. The summed E-state index contributed by atoms with van der Waals surface area (Å²) in [6.45, 7) is 3.76. The third kappa shape index (κ3) is 2.92. The van der Waals surface area contributed by atoms with E-state index in [0.717, 1.165) is 11.3 Å². The Morgan fingerprint density at radius 3 is 2.86 bits per heavy atom. The second kappa shape index (κ2) is 5.70. The monoisotopic (exact) mass is 338 g/mol.